The SMILES string of the molecule is O=C(c1ccn(CC(F)(F)F)c(=O)c1)N1CC[C@]2(Cc3ccccc3CN2)[C@H](O)C1. The number of hydrogen-bond acceptors (Lipinski definition) is 4. The first-order valence-electron chi connectivity index (χ1n) is 9.73. The molecule has 4 rings (SSSR count). The van der Waals surface area contributed by atoms with Gasteiger partial charge in [0.2, 0.25) is 0 Å². The van der Waals surface area contributed by atoms with Crippen molar-refractivity contribution in [2.75, 3.05) is 13.1 Å². The summed E-state index contributed by atoms with van der Waals surface area (Å²) in [7, 11) is 0. The van der Waals surface area contributed by atoms with Crippen molar-refractivity contribution in [3.63, 3.8) is 0 Å². The van der Waals surface area contributed by atoms with Crippen LogP contribution in [0, 0.1) is 0 Å². The Morgan fingerprint density at radius 1 is 1.23 bits per heavy atom. The van der Waals surface area contributed by atoms with Gasteiger partial charge >= 0.3 is 6.18 Å². The maximum Gasteiger partial charge on any atom is 0.406 e. The highest BCUT2D eigenvalue weighted by molar-refractivity contribution is 5.94. The lowest BCUT2D eigenvalue weighted by Gasteiger charge is -2.48. The van der Waals surface area contributed by atoms with Crippen molar-refractivity contribution >= 4 is 5.91 Å². The fourth-order valence-electron chi connectivity index (χ4n) is 4.30. The summed E-state index contributed by atoms with van der Waals surface area (Å²) in [5.41, 5.74) is 0.958. The molecule has 2 aromatic rings. The lowest BCUT2D eigenvalue weighted by atomic mass is 9.76. The number of pyridine rings is 1. The third-order valence-corrected chi connectivity index (χ3v) is 5.99. The minimum atomic E-state index is -4.52. The molecule has 1 amide bonds. The summed E-state index contributed by atoms with van der Waals surface area (Å²) in [6, 6.07) is 10.1. The molecule has 0 bridgehead atoms. The van der Waals surface area contributed by atoms with Crippen molar-refractivity contribution < 1.29 is 23.1 Å². The van der Waals surface area contributed by atoms with E-state index in [2.05, 4.69) is 5.32 Å². The minimum absolute atomic E-state index is 0.0172. The van der Waals surface area contributed by atoms with Crippen LogP contribution in [-0.4, -0.2) is 51.4 Å². The van der Waals surface area contributed by atoms with Gasteiger partial charge in [0, 0.05) is 37.5 Å². The first-order chi connectivity index (χ1) is 14.2. The highest BCUT2D eigenvalue weighted by Crippen LogP contribution is 2.32. The van der Waals surface area contributed by atoms with Crippen LogP contribution in [0.1, 0.15) is 27.9 Å². The molecular formula is C21H22F3N3O3. The number of fused-ring (bicyclic) bond motifs is 1. The lowest BCUT2D eigenvalue weighted by molar-refractivity contribution is -0.141. The molecular weight excluding hydrogens is 399 g/mol. The second-order valence-electron chi connectivity index (χ2n) is 7.97. The Hall–Kier alpha value is -2.65. The van der Waals surface area contributed by atoms with E-state index in [1.807, 2.05) is 24.3 Å². The van der Waals surface area contributed by atoms with Gasteiger partial charge in [0.05, 0.1) is 11.6 Å². The van der Waals surface area contributed by atoms with Gasteiger partial charge in [-0.25, -0.2) is 0 Å². The Bertz CT molecular complexity index is 1020. The summed E-state index contributed by atoms with van der Waals surface area (Å²) >= 11 is 0. The maximum atomic E-state index is 12.8. The van der Waals surface area contributed by atoms with E-state index in [4.69, 9.17) is 0 Å². The van der Waals surface area contributed by atoms with Crippen LogP contribution in [0.3, 0.4) is 0 Å². The number of carbonyl (C=O) groups is 1. The Morgan fingerprint density at radius 2 is 1.97 bits per heavy atom. The maximum absolute atomic E-state index is 12.8. The molecule has 1 aromatic carbocycles. The first kappa shape index (κ1) is 20.6. The standard InChI is InChI=1S/C21H22F3N3O3/c22-21(23,24)13-27-7-5-14(9-18(27)29)19(30)26-8-6-20(17(28)12-26)10-15-3-1-2-4-16(15)11-25-20/h1-5,7,9,17,25,28H,6,8,10-13H2/t17-,20+/m1/s1. The number of carbonyl (C=O) groups excluding carboxylic acids is 1. The molecule has 2 N–H and O–H groups in total. The molecule has 0 aliphatic carbocycles. The van der Waals surface area contributed by atoms with Crippen molar-refractivity contribution in [2.24, 2.45) is 0 Å². The second-order valence-corrected chi connectivity index (χ2v) is 7.97. The van der Waals surface area contributed by atoms with Gasteiger partial charge in [-0.05, 0) is 30.0 Å². The zero-order chi connectivity index (χ0) is 21.5. The second kappa shape index (κ2) is 7.55. The molecule has 160 valence electrons. The number of nitrogens with one attached hydrogen (secondary N) is 1. The number of nitrogens with zero attached hydrogens (tertiary/aromatic N) is 2. The van der Waals surface area contributed by atoms with Crippen LogP contribution in [0.15, 0.2) is 47.4 Å². The molecule has 2 aliphatic rings. The fourth-order valence-corrected chi connectivity index (χ4v) is 4.30. The summed E-state index contributed by atoms with van der Waals surface area (Å²) in [6.45, 7) is -0.312. The molecule has 2 atom stereocenters. The molecule has 30 heavy (non-hydrogen) atoms. The van der Waals surface area contributed by atoms with Gasteiger partial charge < -0.3 is 19.9 Å². The van der Waals surface area contributed by atoms with E-state index in [-0.39, 0.29) is 12.1 Å². The van der Waals surface area contributed by atoms with Crippen molar-refractivity contribution in [3.05, 3.63) is 69.6 Å². The van der Waals surface area contributed by atoms with Gasteiger partial charge in [-0.2, -0.15) is 13.2 Å². The van der Waals surface area contributed by atoms with Crippen molar-refractivity contribution in [2.45, 2.75) is 43.8 Å². The van der Waals surface area contributed by atoms with Crippen LogP contribution in [-0.2, 0) is 19.5 Å². The van der Waals surface area contributed by atoms with E-state index in [0.29, 0.717) is 30.5 Å². The molecule has 0 unspecified atom stereocenters. The third kappa shape index (κ3) is 3.99. The number of alkyl halides is 3. The summed E-state index contributed by atoms with van der Waals surface area (Å²) in [5.74, 6) is -0.476. The van der Waals surface area contributed by atoms with Crippen molar-refractivity contribution in [1.82, 2.24) is 14.8 Å². The Labute approximate surface area is 170 Å². The van der Waals surface area contributed by atoms with Gasteiger partial charge in [-0.15, -0.1) is 0 Å². The monoisotopic (exact) mass is 421 g/mol. The normalized spacial score (nSPS) is 24.0. The van der Waals surface area contributed by atoms with Crippen LogP contribution in [0.4, 0.5) is 13.2 Å². The number of aromatic nitrogens is 1. The molecule has 1 saturated heterocycles. The summed E-state index contributed by atoms with van der Waals surface area (Å²) < 4.78 is 38.1. The van der Waals surface area contributed by atoms with Gasteiger partial charge in [0.25, 0.3) is 11.5 Å². The minimum Gasteiger partial charge on any atom is -0.389 e. The van der Waals surface area contributed by atoms with Gasteiger partial charge in [-0.1, -0.05) is 24.3 Å². The van der Waals surface area contributed by atoms with Crippen LogP contribution >= 0.6 is 0 Å². The number of likely N-dealkylation sites (tertiary alicyclic amines) is 1. The van der Waals surface area contributed by atoms with Gasteiger partial charge in [-0.3, -0.25) is 9.59 Å². The highest BCUT2D eigenvalue weighted by atomic mass is 19.4. The summed E-state index contributed by atoms with van der Waals surface area (Å²) in [5, 5.41) is 14.3. The topological polar surface area (TPSA) is 74.6 Å². The predicted octanol–water partition coefficient (Wildman–Crippen LogP) is 1.70. The first-order valence-corrected chi connectivity index (χ1v) is 9.73. The van der Waals surface area contributed by atoms with Crippen LogP contribution in [0.25, 0.3) is 0 Å². The van der Waals surface area contributed by atoms with E-state index in [1.54, 1.807) is 0 Å². The molecule has 6 nitrogen and oxygen atoms in total. The number of piperidine rings is 1. The highest BCUT2D eigenvalue weighted by Gasteiger charge is 2.45. The number of rotatable bonds is 2. The number of hydrogen-bond donors (Lipinski definition) is 2. The van der Waals surface area contributed by atoms with E-state index in [0.717, 1.165) is 12.3 Å². The number of amides is 1. The quantitative estimate of drug-likeness (QED) is 0.774. The molecule has 2 aliphatic heterocycles. The largest absolute Gasteiger partial charge is 0.406 e. The van der Waals surface area contributed by atoms with Gasteiger partial charge in [0.15, 0.2) is 0 Å². The predicted molar refractivity (Wildman–Crippen MR) is 103 cm³/mol. The fraction of sp³-hybridized carbons (Fsp3) is 0.429. The number of halogens is 3. The lowest BCUT2D eigenvalue weighted by Crippen LogP contribution is -2.65. The summed E-state index contributed by atoms with van der Waals surface area (Å²) in [4.78, 5) is 26.2. The average molecular weight is 421 g/mol. The van der Waals surface area contributed by atoms with Crippen LogP contribution in [0.2, 0.25) is 0 Å². The number of benzene rings is 1. The van der Waals surface area contributed by atoms with E-state index in [1.165, 1.54) is 22.1 Å². The molecule has 3 heterocycles. The number of β-amino-alcohol motifs (C(OH)–C–C–N with tert-alkyl or cyclic N) is 1. The zero-order valence-electron chi connectivity index (χ0n) is 16.2. The molecule has 1 aromatic heterocycles. The molecule has 9 heteroatoms. The number of aliphatic hydroxyl groups is 1. The van der Waals surface area contributed by atoms with Gasteiger partial charge in [0.1, 0.15) is 6.54 Å². The Kier molecular flexibility index (Phi) is 5.19. The van der Waals surface area contributed by atoms with E-state index >= 15 is 0 Å². The third-order valence-electron chi connectivity index (χ3n) is 5.99. The molecule has 1 fully saturated rings. The number of aliphatic hydroxyl groups excluding tert-OH is 1. The van der Waals surface area contributed by atoms with E-state index in [9.17, 15) is 27.9 Å². The molecule has 0 radical (unpaired) electrons. The average Bonchev–Trinajstić information content (AvgIpc) is 2.70. The smallest absolute Gasteiger partial charge is 0.389 e. The zero-order valence-corrected chi connectivity index (χ0v) is 16.2. The summed E-state index contributed by atoms with van der Waals surface area (Å²) in [6.07, 6.45) is -3.18. The molecule has 0 saturated carbocycles. The van der Waals surface area contributed by atoms with Crippen molar-refractivity contribution in [1.29, 1.82) is 0 Å². The Balaban J connectivity index is 1.47. The van der Waals surface area contributed by atoms with Crippen LogP contribution in [0.5, 0.6) is 0 Å². The van der Waals surface area contributed by atoms with Crippen molar-refractivity contribution in [3.8, 4) is 0 Å². The molecule has 1 spiro atoms. The van der Waals surface area contributed by atoms with E-state index < -0.39 is 35.8 Å². The van der Waals surface area contributed by atoms with Crippen LogP contribution < -0.4 is 10.9 Å². The Morgan fingerprint density at radius 3 is 2.63 bits per heavy atom.